The lowest BCUT2D eigenvalue weighted by Gasteiger charge is -2.37. The zero-order valence-electron chi connectivity index (χ0n) is 20.9. The van der Waals surface area contributed by atoms with Gasteiger partial charge in [-0.05, 0) is 97.3 Å². The number of carboxylic acid groups (broad SMARTS) is 1. The van der Waals surface area contributed by atoms with Crippen molar-refractivity contribution < 1.29 is 9.90 Å². The van der Waals surface area contributed by atoms with Gasteiger partial charge in [0.05, 0.1) is 5.56 Å². The van der Waals surface area contributed by atoms with E-state index in [1.807, 2.05) is 0 Å². The summed E-state index contributed by atoms with van der Waals surface area (Å²) in [6.07, 6.45) is 25.6. The Morgan fingerprint density at radius 2 is 0.818 bits per heavy atom. The van der Waals surface area contributed by atoms with Crippen LogP contribution in [0.25, 0.3) is 0 Å². The fraction of sp³-hybridized carbons (Fsp3) is 0.774. The molecule has 0 unspecified atom stereocenters. The van der Waals surface area contributed by atoms with Crippen LogP contribution in [-0.2, 0) is 0 Å². The minimum atomic E-state index is -0.606. The van der Waals surface area contributed by atoms with E-state index in [0.29, 0.717) is 23.7 Å². The molecule has 0 saturated heterocycles. The van der Waals surface area contributed by atoms with Gasteiger partial charge in [-0.15, -0.1) is 0 Å². The molecule has 1 aromatic carbocycles. The highest BCUT2D eigenvalue weighted by atomic mass is 16.4. The highest BCUT2D eigenvalue weighted by Crippen LogP contribution is 2.50. The van der Waals surface area contributed by atoms with Gasteiger partial charge in [0.15, 0.2) is 0 Å². The van der Waals surface area contributed by atoms with Gasteiger partial charge >= 0.3 is 5.97 Å². The van der Waals surface area contributed by atoms with E-state index in [9.17, 15) is 9.90 Å². The standard InChI is InChI=1S/C31H46O2/c32-31(33)30-28(24-17-9-3-10-18-24)26(22-13-5-1-6-14-22)21-27(23-15-7-2-8-16-23)29(30)25-19-11-4-12-20-25/h21-25H,1-20H2,(H,32,33). The molecule has 4 aliphatic carbocycles. The Morgan fingerprint density at radius 3 is 1.12 bits per heavy atom. The highest BCUT2D eigenvalue weighted by molar-refractivity contribution is 5.93. The normalized spacial score (nSPS) is 24.7. The van der Waals surface area contributed by atoms with E-state index < -0.39 is 5.97 Å². The molecular formula is C31H46O2. The van der Waals surface area contributed by atoms with Gasteiger partial charge in [-0.25, -0.2) is 4.79 Å². The third-order valence-corrected chi connectivity index (χ3v) is 9.80. The van der Waals surface area contributed by atoms with Gasteiger partial charge in [0.25, 0.3) is 0 Å². The zero-order chi connectivity index (χ0) is 22.6. The summed E-state index contributed by atoms with van der Waals surface area (Å²) in [5.41, 5.74) is 6.47. The van der Waals surface area contributed by atoms with E-state index in [4.69, 9.17) is 0 Å². The first-order valence-corrected chi connectivity index (χ1v) is 14.7. The Morgan fingerprint density at radius 1 is 0.515 bits per heavy atom. The van der Waals surface area contributed by atoms with E-state index in [0.717, 1.165) is 5.56 Å². The van der Waals surface area contributed by atoms with Crippen LogP contribution in [0.4, 0.5) is 0 Å². The third kappa shape index (κ3) is 5.06. The van der Waals surface area contributed by atoms with Gasteiger partial charge in [-0.3, -0.25) is 0 Å². The molecule has 0 heterocycles. The van der Waals surface area contributed by atoms with Crippen LogP contribution in [0, 0.1) is 0 Å². The highest BCUT2D eigenvalue weighted by Gasteiger charge is 2.36. The van der Waals surface area contributed by atoms with Gasteiger partial charge in [-0.2, -0.15) is 0 Å². The number of hydrogen-bond acceptors (Lipinski definition) is 1. The molecule has 0 atom stereocenters. The third-order valence-electron chi connectivity index (χ3n) is 9.80. The molecule has 2 nitrogen and oxygen atoms in total. The van der Waals surface area contributed by atoms with Crippen molar-refractivity contribution in [2.45, 2.75) is 152 Å². The summed E-state index contributed by atoms with van der Waals surface area (Å²) in [5, 5.41) is 10.9. The van der Waals surface area contributed by atoms with Crippen LogP contribution >= 0.6 is 0 Å². The average Bonchev–Trinajstić information content (AvgIpc) is 2.89. The molecule has 0 spiro atoms. The minimum absolute atomic E-state index is 0.476. The largest absolute Gasteiger partial charge is 0.478 e. The van der Waals surface area contributed by atoms with Crippen LogP contribution < -0.4 is 0 Å². The SMILES string of the molecule is O=C(O)c1c(C2CCCCC2)c(C2CCCCC2)cc(C2CCCCC2)c1C1CCCCC1. The Kier molecular flexibility index (Phi) is 7.78. The minimum Gasteiger partial charge on any atom is -0.478 e. The van der Waals surface area contributed by atoms with Gasteiger partial charge in [0.2, 0.25) is 0 Å². The van der Waals surface area contributed by atoms with Gasteiger partial charge < -0.3 is 5.11 Å². The number of carboxylic acids is 1. The van der Waals surface area contributed by atoms with E-state index in [1.165, 1.54) is 151 Å². The van der Waals surface area contributed by atoms with E-state index in [1.54, 1.807) is 0 Å². The van der Waals surface area contributed by atoms with Gasteiger partial charge in [0, 0.05) is 0 Å². The zero-order valence-corrected chi connectivity index (χ0v) is 20.9. The summed E-state index contributed by atoms with van der Waals surface area (Å²) in [6, 6.07) is 2.65. The molecular weight excluding hydrogens is 404 g/mol. The smallest absolute Gasteiger partial charge is 0.336 e. The second kappa shape index (κ2) is 11.0. The lowest BCUT2D eigenvalue weighted by Crippen LogP contribution is -2.23. The predicted molar refractivity (Wildman–Crippen MR) is 137 cm³/mol. The number of aromatic carboxylic acids is 1. The first-order chi connectivity index (χ1) is 16.2. The molecule has 182 valence electrons. The summed E-state index contributed by atoms with van der Waals surface area (Å²) in [5.74, 6) is 1.54. The van der Waals surface area contributed by atoms with Crippen molar-refractivity contribution in [1.29, 1.82) is 0 Å². The van der Waals surface area contributed by atoms with Crippen molar-refractivity contribution >= 4 is 5.97 Å². The summed E-state index contributed by atoms with van der Waals surface area (Å²) in [6.45, 7) is 0. The van der Waals surface area contributed by atoms with Crippen LogP contribution in [0.2, 0.25) is 0 Å². The molecule has 4 aliphatic rings. The van der Waals surface area contributed by atoms with Crippen molar-refractivity contribution in [2.24, 2.45) is 0 Å². The van der Waals surface area contributed by atoms with Crippen LogP contribution in [0.1, 0.15) is 185 Å². The van der Waals surface area contributed by atoms with Gasteiger partial charge in [-0.1, -0.05) is 83.1 Å². The van der Waals surface area contributed by atoms with Crippen molar-refractivity contribution in [2.75, 3.05) is 0 Å². The second-order valence-electron chi connectivity index (χ2n) is 11.9. The van der Waals surface area contributed by atoms with Gasteiger partial charge in [0.1, 0.15) is 0 Å². The number of carbonyl (C=O) groups is 1. The molecule has 5 rings (SSSR count). The molecule has 4 saturated carbocycles. The molecule has 0 amide bonds. The molecule has 0 aromatic heterocycles. The van der Waals surface area contributed by atoms with Crippen LogP contribution in [-0.4, -0.2) is 11.1 Å². The number of benzene rings is 1. The van der Waals surface area contributed by atoms with E-state index >= 15 is 0 Å². The van der Waals surface area contributed by atoms with E-state index in [-0.39, 0.29) is 0 Å². The molecule has 1 aromatic rings. The lowest BCUT2D eigenvalue weighted by molar-refractivity contribution is 0.0692. The molecule has 0 aliphatic heterocycles. The molecule has 0 radical (unpaired) electrons. The lowest BCUT2D eigenvalue weighted by atomic mass is 9.67. The maximum atomic E-state index is 13.2. The maximum absolute atomic E-state index is 13.2. The molecule has 33 heavy (non-hydrogen) atoms. The Bertz CT molecular complexity index is 742. The number of rotatable bonds is 5. The van der Waals surface area contributed by atoms with Crippen molar-refractivity contribution in [3.8, 4) is 0 Å². The van der Waals surface area contributed by atoms with Crippen LogP contribution in [0.15, 0.2) is 6.07 Å². The molecule has 1 N–H and O–H groups in total. The van der Waals surface area contributed by atoms with Crippen molar-refractivity contribution in [3.05, 3.63) is 33.9 Å². The monoisotopic (exact) mass is 450 g/mol. The average molecular weight is 451 g/mol. The van der Waals surface area contributed by atoms with Crippen LogP contribution in [0.3, 0.4) is 0 Å². The van der Waals surface area contributed by atoms with Crippen molar-refractivity contribution in [1.82, 2.24) is 0 Å². The first-order valence-electron chi connectivity index (χ1n) is 14.7. The summed E-state index contributed by atoms with van der Waals surface area (Å²) in [4.78, 5) is 13.2. The molecule has 0 bridgehead atoms. The van der Waals surface area contributed by atoms with Crippen molar-refractivity contribution in [3.63, 3.8) is 0 Å². The van der Waals surface area contributed by atoms with Crippen LogP contribution in [0.5, 0.6) is 0 Å². The fourth-order valence-corrected chi connectivity index (χ4v) is 8.15. The first kappa shape index (κ1) is 23.4. The van der Waals surface area contributed by atoms with E-state index in [2.05, 4.69) is 6.07 Å². The summed E-state index contributed by atoms with van der Waals surface area (Å²) >= 11 is 0. The molecule has 2 heteroatoms. The topological polar surface area (TPSA) is 37.3 Å². The molecule has 4 fully saturated rings. The second-order valence-corrected chi connectivity index (χ2v) is 11.9. The maximum Gasteiger partial charge on any atom is 0.336 e. The quantitative estimate of drug-likeness (QED) is 0.485. The number of hydrogen-bond donors (Lipinski definition) is 1. The Hall–Kier alpha value is -1.31. The fourth-order valence-electron chi connectivity index (χ4n) is 8.15. The summed E-state index contributed by atoms with van der Waals surface area (Å²) in [7, 11) is 0. The Labute approximate surface area is 201 Å². The predicted octanol–water partition coefficient (Wildman–Crippen LogP) is 9.58. The Balaban J connectivity index is 1.71. The summed E-state index contributed by atoms with van der Waals surface area (Å²) < 4.78 is 0.